The molecule has 138 valence electrons. The number of piperidine rings is 1. The number of anilines is 1. The number of hydrogen-bond donors (Lipinski definition) is 1. The van der Waals surface area contributed by atoms with Gasteiger partial charge in [0.2, 0.25) is 11.9 Å². The first-order chi connectivity index (χ1) is 12.6. The Balaban J connectivity index is 1.60. The maximum absolute atomic E-state index is 12.4. The van der Waals surface area contributed by atoms with Crippen LogP contribution in [0.3, 0.4) is 0 Å². The molecule has 1 atom stereocenters. The molecule has 1 saturated heterocycles. The quantitative estimate of drug-likeness (QED) is 0.864. The summed E-state index contributed by atoms with van der Waals surface area (Å²) in [6, 6.07) is 10.1. The summed E-state index contributed by atoms with van der Waals surface area (Å²) in [5, 5.41) is 3.08. The van der Waals surface area contributed by atoms with Gasteiger partial charge in [-0.1, -0.05) is 44.2 Å². The van der Waals surface area contributed by atoms with E-state index in [9.17, 15) is 4.79 Å². The van der Waals surface area contributed by atoms with Gasteiger partial charge in [-0.25, -0.2) is 9.97 Å². The molecule has 1 N–H and O–H groups in total. The molecule has 1 aromatic carbocycles. The second-order valence-electron chi connectivity index (χ2n) is 7.40. The molecular formula is C21H28N4O. The van der Waals surface area contributed by atoms with E-state index in [1.807, 2.05) is 30.6 Å². The maximum atomic E-state index is 12.4. The van der Waals surface area contributed by atoms with Crippen LogP contribution in [-0.4, -0.2) is 35.5 Å². The minimum Gasteiger partial charge on any atom is -0.356 e. The smallest absolute Gasteiger partial charge is 0.225 e. The van der Waals surface area contributed by atoms with Crippen LogP contribution in [0.2, 0.25) is 0 Å². The van der Waals surface area contributed by atoms with Gasteiger partial charge in [-0.15, -0.1) is 0 Å². The highest BCUT2D eigenvalue weighted by Gasteiger charge is 2.26. The van der Waals surface area contributed by atoms with Crippen LogP contribution < -0.4 is 10.2 Å². The molecule has 1 amide bonds. The lowest BCUT2D eigenvalue weighted by molar-refractivity contribution is -0.125. The lowest BCUT2D eigenvalue weighted by Gasteiger charge is -2.32. The number of nitrogens with zero attached hydrogens (tertiary/aromatic N) is 3. The first kappa shape index (κ1) is 18.4. The molecule has 0 bridgehead atoms. The van der Waals surface area contributed by atoms with Crippen LogP contribution in [0.25, 0.3) is 11.1 Å². The first-order valence-electron chi connectivity index (χ1n) is 9.53. The van der Waals surface area contributed by atoms with Gasteiger partial charge in [0.15, 0.2) is 0 Å². The summed E-state index contributed by atoms with van der Waals surface area (Å²) in [4.78, 5) is 23.6. The van der Waals surface area contributed by atoms with E-state index in [1.54, 1.807) is 0 Å². The molecule has 0 saturated carbocycles. The van der Waals surface area contributed by atoms with Crippen molar-refractivity contribution >= 4 is 11.9 Å². The van der Waals surface area contributed by atoms with Crippen molar-refractivity contribution in [2.45, 2.75) is 33.1 Å². The molecule has 0 aliphatic carbocycles. The van der Waals surface area contributed by atoms with Gasteiger partial charge in [0.1, 0.15) is 0 Å². The van der Waals surface area contributed by atoms with E-state index in [-0.39, 0.29) is 11.8 Å². The van der Waals surface area contributed by atoms with E-state index >= 15 is 0 Å². The average Bonchev–Trinajstić information content (AvgIpc) is 2.68. The largest absolute Gasteiger partial charge is 0.356 e. The SMILES string of the molecule is CC(C)CCNC(=O)C1CCCN(c2ncc(-c3ccccc3)cn2)C1. The van der Waals surface area contributed by atoms with Crippen molar-refractivity contribution in [2.24, 2.45) is 11.8 Å². The van der Waals surface area contributed by atoms with Gasteiger partial charge in [-0.05, 0) is 30.7 Å². The summed E-state index contributed by atoms with van der Waals surface area (Å²) in [7, 11) is 0. The molecule has 26 heavy (non-hydrogen) atoms. The zero-order chi connectivity index (χ0) is 18.4. The summed E-state index contributed by atoms with van der Waals surface area (Å²) in [5.74, 6) is 1.50. The normalized spacial score (nSPS) is 17.3. The van der Waals surface area contributed by atoms with Gasteiger partial charge in [0, 0.05) is 37.6 Å². The van der Waals surface area contributed by atoms with Crippen molar-refractivity contribution in [1.29, 1.82) is 0 Å². The fraction of sp³-hybridized carbons (Fsp3) is 0.476. The van der Waals surface area contributed by atoms with Gasteiger partial charge >= 0.3 is 0 Å². The number of hydrogen-bond acceptors (Lipinski definition) is 4. The van der Waals surface area contributed by atoms with Crippen molar-refractivity contribution < 1.29 is 4.79 Å². The highest BCUT2D eigenvalue weighted by molar-refractivity contribution is 5.79. The molecule has 3 rings (SSSR count). The molecule has 1 aliphatic heterocycles. The highest BCUT2D eigenvalue weighted by Crippen LogP contribution is 2.22. The van der Waals surface area contributed by atoms with Crippen LogP contribution >= 0.6 is 0 Å². The molecule has 1 aliphatic rings. The third kappa shape index (κ3) is 4.81. The molecule has 5 heteroatoms. The maximum Gasteiger partial charge on any atom is 0.225 e. The van der Waals surface area contributed by atoms with Gasteiger partial charge in [-0.3, -0.25) is 4.79 Å². The van der Waals surface area contributed by atoms with Crippen molar-refractivity contribution in [3.05, 3.63) is 42.7 Å². The van der Waals surface area contributed by atoms with E-state index in [4.69, 9.17) is 0 Å². The highest BCUT2D eigenvalue weighted by atomic mass is 16.1. The summed E-state index contributed by atoms with van der Waals surface area (Å²) in [6.45, 7) is 6.70. The van der Waals surface area contributed by atoms with Crippen LogP contribution in [0.1, 0.15) is 33.1 Å². The first-order valence-corrected chi connectivity index (χ1v) is 9.53. The molecule has 0 radical (unpaired) electrons. The van der Waals surface area contributed by atoms with E-state index in [0.29, 0.717) is 18.4 Å². The van der Waals surface area contributed by atoms with Crippen molar-refractivity contribution in [3.8, 4) is 11.1 Å². The Hall–Kier alpha value is -2.43. The summed E-state index contributed by atoms with van der Waals surface area (Å²) >= 11 is 0. The van der Waals surface area contributed by atoms with Crippen molar-refractivity contribution in [1.82, 2.24) is 15.3 Å². The third-order valence-corrected chi connectivity index (χ3v) is 4.84. The Labute approximate surface area is 155 Å². The number of aromatic nitrogens is 2. The minimum absolute atomic E-state index is 0.0216. The van der Waals surface area contributed by atoms with Gasteiger partial charge in [0.05, 0.1) is 5.92 Å². The summed E-state index contributed by atoms with van der Waals surface area (Å²) in [5.41, 5.74) is 2.12. The monoisotopic (exact) mass is 352 g/mol. The second kappa shape index (κ2) is 8.79. The number of amides is 1. The molecule has 1 unspecified atom stereocenters. The molecule has 2 heterocycles. The Kier molecular flexibility index (Phi) is 6.21. The lowest BCUT2D eigenvalue weighted by Crippen LogP contribution is -2.44. The predicted octanol–water partition coefficient (Wildman–Crippen LogP) is 3.52. The number of carbonyl (C=O) groups excluding carboxylic acids is 1. The third-order valence-electron chi connectivity index (χ3n) is 4.84. The standard InChI is InChI=1S/C21H28N4O/c1-16(2)10-11-22-20(26)18-9-6-12-25(15-18)21-23-13-19(14-24-21)17-7-4-3-5-8-17/h3-5,7-8,13-14,16,18H,6,9-12,15H2,1-2H3,(H,22,26). The molecular weight excluding hydrogens is 324 g/mol. The van der Waals surface area contributed by atoms with Crippen molar-refractivity contribution in [3.63, 3.8) is 0 Å². The predicted molar refractivity (Wildman–Crippen MR) is 105 cm³/mol. The zero-order valence-corrected chi connectivity index (χ0v) is 15.7. The molecule has 1 aromatic heterocycles. The van der Waals surface area contributed by atoms with E-state index < -0.39 is 0 Å². The number of rotatable bonds is 6. The zero-order valence-electron chi connectivity index (χ0n) is 15.7. The van der Waals surface area contributed by atoms with Gasteiger partial charge in [-0.2, -0.15) is 0 Å². The Bertz CT molecular complexity index is 700. The van der Waals surface area contributed by atoms with E-state index in [1.165, 1.54) is 0 Å². The van der Waals surface area contributed by atoms with Crippen LogP contribution in [-0.2, 0) is 4.79 Å². The molecule has 0 spiro atoms. The molecule has 2 aromatic rings. The Morgan fingerprint density at radius 1 is 1.19 bits per heavy atom. The second-order valence-corrected chi connectivity index (χ2v) is 7.40. The Morgan fingerprint density at radius 2 is 1.92 bits per heavy atom. The van der Waals surface area contributed by atoms with Crippen LogP contribution in [0, 0.1) is 11.8 Å². The topological polar surface area (TPSA) is 58.1 Å². The number of nitrogens with one attached hydrogen (secondary N) is 1. The van der Waals surface area contributed by atoms with Crippen LogP contribution in [0.15, 0.2) is 42.7 Å². The van der Waals surface area contributed by atoms with Crippen LogP contribution in [0.4, 0.5) is 5.95 Å². The molecule has 5 nitrogen and oxygen atoms in total. The van der Waals surface area contributed by atoms with Crippen LogP contribution in [0.5, 0.6) is 0 Å². The summed E-state index contributed by atoms with van der Waals surface area (Å²) in [6.07, 6.45) is 6.68. The summed E-state index contributed by atoms with van der Waals surface area (Å²) < 4.78 is 0. The fourth-order valence-corrected chi connectivity index (χ4v) is 3.27. The van der Waals surface area contributed by atoms with Gasteiger partial charge in [0.25, 0.3) is 0 Å². The Morgan fingerprint density at radius 3 is 2.62 bits per heavy atom. The fourth-order valence-electron chi connectivity index (χ4n) is 3.27. The van der Waals surface area contributed by atoms with Gasteiger partial charge < -0.3 is 10.2 Å². The van der Waals surface area contributed by atoms with Crippen molar-refractivity contribution in [2.75, 3.05) is 24.5 Å². The van der Waals surface area contributed by atoms with E-state index in [0.717, 1.165) is 43.5 Å². The average molecular weight is 352 g/mol. The lowest BCUT2D eigenvalue weighted by atomic mass is 9.97. The van der Waals surface area contributed by atoms with E-state index in [2.05, 4.69) is 46.2 Å². The minimum atomic E-state index is 0.0216. The molecule has 1 fully saturated rings. The number of benzene rings is 1. The number of carbonyl (C=O) groups is 1.